The van der Waals surface area contributed by atoms with Gasteiger partial charge >= 0.3 is 0 Å². The number of hydrogen-bond acceptors (Lipinski definition) is 4. The number of halogens is 2. The first-order chi connectivity index (χ1) is 8.40. The van der Waals surface area contributed by atoms with Crippen molar-refractivity contribution in [2.24, 2.45) is 5.73 Å². The summed E-state index contributed by atoms with van der Waals surface area (Å²) < 4.78 is 28.6. The van der Waals surface area contributed by atoms with Gasteiger partial charge in [-0.05, 0) is 50.8 Å². The SMILES string of the molecule is NC1CCCCC1NS(=O)(=O)c1cc(Br)sc1Br. The quantitative estimate of drug-likeness (QED) is 0.794. The number of hydrogen-bond donors (Lipinski definition) is 2. The van der Waals surface area contributed by atoms with Crippen molar-refractivity contribution >= 4 is 53.2 Å². The third kappa shape index (κ3) is 3.34. The van der Waals surface area contributed by atoms with Gasteiger partial charge in [-0.25, -0.2) is 13.1 Å². The molecule has 2 unspecified atom stereocenters. The summed E-state index contributed by atoms with van der Waals surface area (Å²) in [7, 11) is -3.50. The van der Waals surface area contributed by atoms with Gasteiger partial charge in [0, 0.05) is 12.1 Å². The van der Waals surface area contributed by atoms with Crippen LogP contribution < -0.4 is 10.5 Å². The standard InChI is InChI=1S/C10H14Br2N2O2S2/c11-9-5-8(10(12)17-9)18(15,16)14-7-4-2-1-3-6(7)13/h5-7,14H,1-4,13H2. The number of nitrogens with one attached hydrogen (secondary N) is 1. The Labute approximate surface area is 128 Å². The monoisotopic (exact) mass is 416 g/mol. The molecule has 0 aliphatic heterocycles. The fraction of sp³-hybridized carbons (Fsp3) is 0.600. The smallest absolute Gasteiger partial charge is 0.242 e. The summed E-state index contributed by atoms with van der Waals surface area (Å²) >= 11 is 7.90. The topological polar surface area (TPSA) is 72.2 Å². The van der Waals surface area contributed by atoms with E-state index in [-0.39, 0.29) is 17.0 Å². The maximum absolute atomic E-state index is 12.3. The summed E-state index contributed by atoms with van der Waals surface area (Å²) in [6.07, 6.45) is 3.79. The van der Waals surface area contributed by atoms with Crippen LogP contribution in [0.15, 0.2) is 18.5 Å². The van der Waals surface area contributed by atoms with Gasteiger partial charge < -0.3 is 5.73 Å². The lowest BCUT2D eigenvalue weighted by Crippen LogP contribution is -2.49. The molecule has 2 rings (SSSR count). The van der Waals surface area contributed by atoms with Gasteiger partial charge in [0.2, 0.25) is 10.0 Å². The molecule has 1 aliphatic rings. The largest absolute Gasteiger partial charge is 0.326 e. The Hall–Kier alpha value is 0.530. The van der Waals surface area contributed by atoms with Gasteiger partial charge in [-0.15, -0.1) is 11.3 Å². The van der Waals surface area contributed by atoms with Gasteiger partial charge in [0.05, 0.1) is 7.57 Å². The van der Waals surface area contributed by atoms with Crippen molar-refractivity contribution in [1.82, 2.24) is 4.72 Å². The lowest BCUT2D eigenvalue weighted by Gasteiger charge is -2.28. The van der Waals surface area contributed by atoms with Crippen molar-refractivity contribution in [2.75, 3.05) is 0 Å². The highest BCUT2D eigenvalue weighted by molar-refractivity contribution is 9.12. The van der Waals surface area contributed by atoms with Crippen LogP contribution in [-0.4, -0.2) is 20.5 Å². The van der Waals surface area contributed by atoms with E-state index in [9.17, 15) is 8.42 Å². The first-order valence-corrected chi connectivity index (χ1v) is 9.51. The van der Waals surface area contributed by atoms with Crippen LogP contribution in [0.25, 0.3) is 0 Å². The van der Waals surface area contributed by atoms with Gasteiger partial charge in [-0.3, -0.25) is 0 Å². The molecule has 1 fully saturated rings. The van der Waals surface area contributed by atoms with E-state index in [0.717, 1.165) is 29.5 Å². The molecule has 8 heteroatoms. The molecule has 4 nitrogen and oxygen atoms in total. The molecule has 1 aromatic rings. The zero-order chi connectivity index (χ0) is 13.3. The van der Waals surface area contributed by atoms with E-state index in [1.807, 2.05) is 0 Å². The zero-order valence-electron chi connectivity index (χ0n) is 9.53. The first kappa shape index (κ1) is 14.9. The van der Waals surface area contributed by atoms with Crippen molar-refractivity contribution in [3.63, 3.8) is 0 Å². The Bertz CT molecular complexity index is 530. The molecule has 1 saturated carbocycles. The van der Waals surface area contributed by atoms with Gasteiger partial charge in [0.15, 0.2) is 0 Å². The zero-order valence-corrected chi connectivity index (χ0v) is 14.3. The van der Waals surface area contributed by atoms with Crippen molar-refractivity contribution in [2.45, 2.75) is 42.7 Å². The van der Waals surface area contributed by atoms with Gasteiger partial charge in [-0.2, -0.15) is 0 Å². The van der Waals surface area contributed by atoms with Crippen LogP contribution in [0.1, 0.15) is 25.7 Å². The molecule has 0 aromatic carbocycles. The molecular formula is C10H14Br2N2O2S2. The second-order valence-corrected chi connectivity index (χ2v) is 9.80. The number of nitrogens with two attached hydrogens (primary N) is 1. The Morgan fingerprint density at radius 1 is 1.33 bits per heavy atom. The summed E-state index contributed by atoms with van der Waals surface area (Å²) in [5, 5.41) is 0. The minimum absolute atomic E-state index is 0.0885. The van der Waals surface area contributed by atoms with E-state index in [1.54, 1.807) is 6.07 Å². The van der Waals surface area contributed by atoms with Crippen LogP contribution in [0.5, 0.6) is 0 Å². The normalized spacial score (nSPS) is 25.3. The number of thiophene rings is 1. The predicted molar refractivity (Wildman–Crippen MR) is 80.3 cm³/mol. The molecule has 1 heterocycles. The van der Waals surface area contributed by atoms with Crippen molar-refractivity contribution < 1.29 is 8.42 Å². The Kier molecular flexibility index (Phi) is 4.88. The van der Waals surface area contributed by atoms with E-state index in [2.05, 4.69) is 36.6 Å². The van der Waals surface area contributed by atoms with Crippen LogP contribution in [0, 0.1) is 0 Å². The maximum Gasteiger partial charge on any atom is 0.242 e. The number of rotatable bonds is 3. The molecule has 1 aliphatic carbocycles. The molecule has 0 spiro atoms. The Morgan fingerprint density at radius 3 is 2.56 bits per heavy atom. The second-order valence-electron chi connectivity index (χ2n) is 4.36. The highest BCUT2D eigenvalue weighted by Crippen LogP contribution is 2.35. The van der Waals surface area contributed by atoms with Crippen LogP contribution in [0.2, 0.25) is 0 Å². The third-order valence-electron chi connectivity index (χ3n) is 3.04. The van der Waals surface area contributed by atoms with E-state index < -0.39 is 10.0 Å². The first-order valence-electron chi connectivity index (χ1n) is 5.63. The van der Waals surface area contributed by atoms with Crippen LogP contribution in [0.4, 0.5) is 0 Å². The summed E-state index contributed by atoms with van der Waals surface area (Å²) in [6, 6.07) is 1.36. The van der Waals surface area contributed by atoms with Gasteiger partial charge in [0.1, 0.15) is 4.90 Å². The van der Waals surface area contributed by atoms with Gasteiger partial charge in [-0.1, -0.05) is 12.8 Å². The highest BCUT2D eigenvalue weighted by Gasteiger charge is 2.29. The molecular weight excluding hydrogens is 404 g/mol. The van der Waals surface area contributed by atoms with Crippen molar-refractivity contribution in [3.8, 4) is 0 Å². The predicted octanol–water partition coefficient (Wildman–Crippen LogP) is 2.82. The van der Waals surface area contributed by atoms with Crippen LogP contribution >= 0.6 is 43.2 Å². The molecule has 1 aromatic heterocycles. The van der Waals surface area contributed by atoms with Crippen molar-refractivity contribution in [3.05, 3.63) is 13.6 Å². The maximum atomic E-state index is 12.3. The summed E-state index contributed by atoms with van der Waals surface area (Å²) in [5.41, 5.74) is 5.96. The lowest BCUT2D eigenvalue weighted by atomic mass is 9.92. The summed E-state index contributed by atoms with van der Waals surface area (Å²) in [4.78, 5) is 0.275. The average Bonchev–Trinajstić information content (AvgIpc) is 2.62. The molecule has 0 saturated heterocycles. The molecule has 18 heavy (non-hydrogen) atoms. The molecule has 0 amide bonds. The lowest BCUT2D eigenvalue weighted by molar-refractivity contribution is 0.361. The molecule has 0 radical (unpaired) electrons. The van der Waals surface area contributed by atoms with Crippen molar-refractivity contribution in [1.29, 1.82) is 0 Å². The molecule has 0 bridgehead atoms. The van der Waals surface area contributed by atoms with E-state index in [0.29, 0.717) is 3.79 Å². The Balaban J connectivity index is 2.19. The Morgan fingerprint density at radius 2 is 2.00 bits per heavy atom. The van der Waals surface area contributed by atoms with E-state index in [4.69, 9.17) is 5.73 Å². The average molecular weight is 418 g/mol. The van der Waals surface area contributed by atoms with Gasteiger partial charge in [0.25, 0.3) is 0 Å². The minimum atomic E-state index is -3.50. The molecule has 102 valence electrons. The fourth-order valence-corrected chi connectivity index (χ4v) is 7.21. The summed E-state index contributed by atoms with van der Waals surface area (Å²) in [6.45, 7) is 0. The summed E-state index contributed by atoms with van der Waals surface area (Å²) in [5.74, 6) is 0. The highest BCUT2D eigenvalue weighted by atomic mass is 79.9. The second kappa shape index (κ2) is 5.88. The minimum Gasteiger partial charge on any atom is -0.326 e. The van der Waals surface area contributed by atoms with Crippen LogP contribution in [0.3, 0.4) is 0 Å². The fourth-order valence-electron chi connectivity index (χ4n) is 2.08. The molecule has 2 atom stereocenters. The van der Waals surface area contributed by atoms with Crippen LogP contribution in [-0.2, 0) is 10.0 Å². The third-order valence-corrected chi connectivity index (χ3v) is 7.29. The number of sulfonamides is 1. The molecule has 3 N–H and O–H groups in total. The van der Waals surface area contributed by atoms with E-state index in [1.165, 1.54) is 11.3 Å². The van der Waals surface area contributed by atoms with E-state index >= 15 is 0 Å².